The summed E-state index contributed by atoms with van der Waals surface area (Å²) in [5, 5.41) is 11.5. The molecule has 1 aromatic rings. The highest BCUT2D eigenvalue weighted by Crippen LogP contribution is 2.27. The minimum absolute atomic E-state index is 0.0896. The van der Waals surface area contributed by atoms with Crippen LogP contribution >= 0.6 is 15.9 Å². The Morgan fingerprint density at radius 2 is 2.09 bits per heavy atom. The van der Waals surface area contributed by atoms with Gasteiger partial charge >= 0.3 is 5.97 Å². The molecule has 0 aromatic heterocycles. The van der Waals surface area contributed by atoms with Gasteiger partial charge in [0.05, 0.1) is 12.2 Å². The first-order valence-corrected chi connectivity index (χ1v) is 7.59. The Bertz CT molecular complexity index is 574. The van der Waals surface area contributed by atoms with Gasteiger partial charge in [0.25, 0.3) is 0 Å². The molecule has 1 fully saturated rings. The average Bonchev–Trinajstić information content (AvgIpc) is 2.43. The maximum absolute atomic E-state index is 13.7. The van der Waals surface area contributed by atoms with E-state index in [1.807, 2.05) is 0 Å². The SMILES string of the molecule is O=C(CN1CCCCC1C(=O)O)Nc1c(F)cc(F)cc1Br. The third-order valence-electron chi connectivity index (χ3n) is 3.52. The van der Waals surface area contributed by atoms with E-state index in [-0.39, 0.29) is 16.7 Å². The molecule has 0 aliphatic carbocycles. The third-order valence-corrected chi connectivity index (χ3v) is 4.14. The number of carboxylic acid groups (broad SMARTS) is 1. The van der Waals surface area contributed by atoms with Gasteiger partial charge in [-0.3, -0.25) is 14.5 Å². The number of carboxylic acids is 1. The first-order chi connectivity index (χ1) is 10.4. The van der Waals surface area contributed by atoms with Crippen LogP contribution in [0.2, 0.25) is 0 Å². The van der Waals surface area contributed by atoms with Crippen LogP contribution in [0.1, 0.15) is 19.3 Å². The number of nitrogens with zero attached hydrogens (tertiary/aromatic N) is 1. The lowest BCUT2D eigenvalue weighted by Crippen LogP contribution is -2.47. The van der Waals surface area contributed by atoms with E-state index < -0.39 is 29.6 Å². The number of carbonyl (C=O) groups excluding carboxylic acids is 1. The van der Waals surface area contributed by atoms with Gasteiger partial charge in [-0.05, 0) is 41.4 Å². The van der Waals surface area contributed by atoms with Gasteiger partial charge in [0.1, 0.15) is 11.9 Å². The fourth-order valence-electron chi connectivity index (χ4n) is 2.48. The molecule has 1 atom stereocenters. The van der Waals surface area contributed by atoms with E-state index in [0.717, 1.165) is 18.9 Å². The van der Waals surface area contributed by atoms with E-state index in [4.69, 9.17) is 5.11 Å². The van der Waals surface area contributed by atoms with E-state index in [1.54, 1.807) is 4.90 Å². The number of carbonyl (C=O) groups is 2. The molecule has 0 bridgehead atoms. The number of halogens is 3. The molecule has 8 heteroatoms. The Morgan fingerprint density at radius 3 is 2.73 bits per heavy atom. The summed E-state index contributed by atoms with van der Waals surface area (Å²) in [4.78, 5) is 24.7. The second kappa shape index (κ2) is 7.15. The molecule has 1 amide bonds. The number of rotatable bonds is 4. The molecule has 22 heavy (non-hydrogen) atoms. The Labute approximate surface area is 134 Å². The van der Waals surface area contributed by atoms with Crippen LogP contribution in [-0.4, -0.2) is 41.0 Å². The van der Waals surface area contributed by atoms with E-state index >= 15 is 0 Å². The molecule has 0 spiro atoms. The van der Waals surface area contributed by atoms with Crippen molar-refractivity contribution in [3.05, 3.63) is 28.2 Å². The van der Waals surface area contributed by atoms with Gasteiger partial charge in [0.15, 0.2) is 5.82 Å². The fraction of sp³-hybridized carbons (Fsp3) is 0.429. The monoisotopic (exact) mass is 376 g/mol. The van der Waals surface area contributed by atoms with Gasteiger partial charge in [0.2, 0.25) is 5.91 Å². The lowest BCUT2D eigenvalue weighted by molar-refractivity contribution is -0.145. The molecular weight excluding hydrogens is 362 g/mol. The molecule has 2 rings (SSSR count). The van der Waals surface area contributed by atoms with E-state index in [2.05, 4.69) is 21.2 Å². The maximum Gasteiger partial charge on any atom is 0.320 e. The summed E-state index contributed by atoms with van der Waals surface area (Å²) in [6, 6.07) is 1.00. The summed E-state index contributed by atoms with van der Waals surface area (Å²) in [6.45, 7) is 0.345. The van der Waals surface area contributed by atoms with Gasteiger partial charge in [-0.15, -0.1) is 0 Å². The van der Waals surface area contributed by atoms with Crippen LogP contribution in [0.25, 0.3) is 0 Å². The van der Waals surface area contributed by atoms with Gasteiger partial charge in [-0.1, -0.05) is 6.42 Å². The summed E-state index contributed by atoms with van der Waals surface area (Å²) in [5.41, 5.74) is -0.157. The molecule has 0 saturated carbocycles. The Balaban J connectivity index is 2.05. The molecular formula is C14H15BrF2N2O3. The molecule has 1 aliphatic heterocycles. The second-order valence-electron chi connectivity index (χ2n) is 5.11. The number of aliphatic carboxylic acids is 1. The van der Waals surface area contributed by atoms with Crippen LogP contribution in [0.5, 0.6) is 0 Å². The highest BCUT2D eigenvalue weighted by Gasteiger charge is 2.29. The summed E-state index contributed by atoms with van der Waals surface area (Å²) < 4.78 is 26.8. The first kappa shape index (κ1) is 16.8. The zero-order valence-corrected chi connectivity index (χ0v) is 13.2. The highest BCUT2D eigenvalue weighted by molar-refractivity contribution is 9.10. The van der Waals surface area contributed by atoms with Crippen molar-refractivity contribution in [2.24, 2.45) is 0 Å². The normalized spacial score (nSPS) is 19.0. The lowest BCUT2D eigenvalue weighted by atomic mass is 10.0. The second-order valence-corrected chi connectivity index (χ2v) is 5.97. The predicted octanol–water partition coefficient (Wildman–Crippen LogP) is 2.60. The van der Waals surface area contributed by atoms with Crippen LogP contribution < -0.4 is 5.32 Å². The van der Waals surface area contributed by atoms with Crippen LogP contribution in [0.15, 0.2) is 16.6 Å². The fourth-order valence-corrected chi connectivity index (χ4v) is 2.99. The summed E-state index contributed by atoms with van der Waals surface area (Å²) >= 11 is 2.98. The van der Waals surface area contributed by atoms with E-state index in [0.29, 0.717) is 19.0 Å². The molecule has 1 saturated heterocycles. The molecule has 1 aliphatic rings. The van der Waals surface area contributed by atoms with E-state index in [1.165, 1.54) is 0 Å². The number of amides is 1. The smallest absolute Gasteiger partial charge is 0.320 e. The van der Waals surface area contributed by atoms with Crippen LogP contribution in [-0.2, 0) is 9.59 Å². The molecule has 1 unspecified atom stereocenters. The number of likely N-dealkylation sites (tertiary alicyclic amines) is 1. The summed E-state index contributed by atoms with van der Waals surface area (Å²) in [7, 11) is 0. The van der Waals surface area contributed by atoms with Gasteiger partial charge < -0.3 is 10.4 Å². The zero-order chi connectivity index (χ0) is 16.3. The van der Waals surface area contributed by atoms with Crippen molar-refractivity contribution in [3.63, 3.8) is 0 Å². The summed E-state index contributed by atoms with van der Waals surface area (Å²) in [5.74, 6) is -3.17. The number of piperidine rings is 1. The number of nitrogens with one attached hydrogen (secondary N) is 1. The van der Waals surface area contributed by atoms with Crippen molar-refractivity contribution in [3.8, 4) is 0 Å². The topological polar surface area (TPSA) is 69.6 Å². The number of hydrogen-bond acceptors (Lipinski definition) is 3. The minimum atomic E-state index is -0.971. The van der Waals surface area contributed by atoms with Crippen molar-refractivity contribution >= 4 is 33.5 Å². The van der Waals surface area contributed by atoms with Gasteiger partial charge in [-0.2, -0.15) is 0 Å². The molecule has 2 N–H and O–H groups in total. The Hall–Kier alpha value is -1.54. The third kappa shape index (κ3) is 4.01. The predicted molar refractivity (Wildman–Crippen MR) is 79.5 cm³/mol. The maximum atomic E-state index is 13.7. The highest BCUT2D eigenvalue weighted by atomic mass is 79.9. The largest absolute Gasteiger partial charge is 0.480 e. The van der Waals surface area contributed by atoms with Crippen molar-refractivity contribution in [2.45, 2.75) is 25.3 Å². The van der Waals surface area contributed by atoms with Crippen LogP contribution in [0.3, 0.4) is 0 Å². The van der Waals surface area contributed by atoms with E-state index in [9.17, 15) is 18.4 Å². The quantitative estimate of drug-likeness (QED) is 0.847. The van der Waals surface area contributed by atoms with Crippen LogP contribution in [0.4, 0.5) is 14.5 Å². The molecule has 120 valence electrons. The molecule has 5 nitrogen and oxygen atoms in total. The van der Waals surface area contributed by atoms with Crippen molar-refractivity contribution in [2.75, 3.05) is 18.4 Å². The van der Waals surface area contributed by atoms with Crippen molar-refractivity contribution in [1.82, 2.24) is 4.90 Å². The zero-order valence-electron chi connectivity index (χ0n) is 11.6. The molecule has 1 aromatic carbocycles. The number of anilines is 1. The van der Waals surface area contributed by atoms with Crippen molar-refractivity contribution in [1.29, 1.82) is 0 Å². The van der Waals surface area contributed by atoms with Gasteiger partial charge in [-0.25, -0.2) is 8.78 Å². The first-order valence-electron chi connectivity index (χ1n) is 6.79. The average molecular weight is 377 g/mol. The Morgan fingerprint density at radius 1 is 1.36 bits per heavy atom. The Kier molecular flexibility index (Phi) is 5.47. The standard InChI is InChI=1S/C14H15BrF2N2O3/c15-9-5-8(16)6-10(17)13(9)18-12(20)7-19-4-2-1-3-11(19)14(21)22/h5-6,11H,1-4,7H2,(H,18,20)(H,21,22). The number of hydrogen-bond donors (Lipinski definition) is 2. The molecule has 0 radical (unpaired) electrons. The van der Waals surface area contributed by atoms with Crippen molar-refractivity contribution < 1.29 is 23.5 Å². The minimum Gasteiger partial charge on any atom is -0.480 e. The lowest BCUT2D eigenvalue weighted by Gasteiger charge is -2.32. The van der Waals surface area contributed by atoms with Crippen LogP contribution in [0, 0.1) is 11.6 Å². The number of benzene rings is 1. The van der Waals surface area contributed by atoms with Gasteiger partial charge in [0, 0.05) is 10.5 Å². The summed E-state index contributed by atoms with van der Waals surface area (Å²) in [6.07, 6.45) is 2.09. The molecule has 1 heterocycles.